The van der Waals surface area contributed by atoms with Crippen LogP contribution in [0.25, 0.3) is 0 Å². The van der Waals surface area contributed by atoms with E-state index in [-0.39, 0.29) is 0 Å². The summed E-state index contributed by atoms with van der Waals surface area (Å²) in [5.41, 5.74) is 0. The smallest absolute Gasteiger partial charge is 0.000662 e. The van der Waals surface area contributed by atoms with Crippen LogP contribution in [0.2, 0.25) is 0 Å². The number of hydrogen-bond donors (Lipinski definition) is 4. The van der Waals surface area contributed by atoms with E-state index in [0.29, 0.717) is 0 Å². The molecule has 0 radical (unpaired) electrons. The maximum absolute atomic E-state index is 3.21. The van der Waals surface area contributed by atoms with Crippen LogP contribution in [0.1, 0.15) is 19.3 Å². The number of hydrogen-bond acceptors (Lipinski definition) is 5. The summed E-state index contributed by atoms with van der Waals surface area (Å²) in [6.45, 7) is 7.01. The van der Waals surface area contributed by atoms with E-state index < -0.39 is 0 Å². The van der Waals surface area contributed by atoms with Crippen LogP contribution in [-0.2, 0) is 0 Å². The molecule has 0 atom stereocenters. The minimum atomic E-state index is 1.12. The third-order valence-electron chi connectivity index (χ3n) is 2.70. The maximum Gasteiger partial charge on any atom is -0.000662 e. The van der Waals surface area contributed by atoms with Gasteiger partial charge in [0, 0.05) is 0 Å². The third-order valence-corrected chi connectivity index (χ3v) is 2.70. The van der Waals surface area contributed by atoms with Crippen molar-refractivity contribution in [3.8, 4) is 0 Å². The average molecular weight is 275 g/mol. The molecule has 0 aliphatic carbocycles. The molecule has 0 spiro atoms. The van der Waals surface area contributed by atoms with Gasteiger partial charge in [-0.2, -0.15) is 0 Å². The fourth-order valence-electron chi connectivity index (χ4n) is 1.77. The minimum Gasteiger partial charge on any atom is -0.323 e. The molecular formula is C14H37N5. The van der Waals surface area contributed by atoms with Crippen molar-refractivity contribution in [3.05, 3.63) is 0 Å². The number of nitrogens with zero attached hydrogens (tertiary/aromatic N) is 1. The van der Waals surface area contributed by atoms with Gasteiger partial charge in [-0.3, -0.25) is 0 Å². The Morgan fingerprint density at radius 1 is 0.579 bits per heavy atom. The molecule has 5 heteroatoms. The molecule has 0 aromatic rings. The van der Waals surface area contributed by atoms with Gasteiger partial charge in [-0.15, -0.1) is 0 Å². The Kier molecular flexibility index (Phi) is 22.4. The van der Waals surface area contributed by atoms with Crippen molar-refractivity contribution in [1.82, 2.24) is 26.2 Å². The van der Waals surface area contributed by atoms with E-state index in [2.05, 4.69) is 26.2 Å². The monoisotopic (exact) mass is 275 g/mol. The lowest BCUT2D eigenvalue weighted by Gasteiger charge is -2.22. The summed E-state index contributed by atoms with van der Waals surface area (Å²) >= 11 is 0. The highest BCUT2D eigenvalue weighted by atomic mass is 15.1. The van der Waals surface area contributed by atoms with Gasteiger partial charge in [0.05, 0.1) is 0 Å². The Hall–Kier alpha value is -0.200. The van der Waals surface area contributed by atoms with Gasteiger partial charge in [0.1, 0.15) is 0 Å². The lowest BCUT2D eigenvalue weighted by atomic mass is 10.3. The number of nitrogens with one attached hydrogen (secondary N) is 4. The molecule has 0 amide bonds. The second-order valence-electron chi connectivity index (χ2n) is 4.71. The zero-order valence-electron chi connectivity index (χ0n) is 13.8. The molecule has 0 rings (SSSR count). The van der Waals surface area contributed by atoms with E-state index in [9.17, 15) is 0 Å². The highest BCUT2D eigenvalue weighted by molar-refractivity contribution is 4.60. The van der Waals surface area contributed by atoms with Crippen molar-refractivity contribution >= 4 is 0 Å². The summed E-state index contributed by atoms with van der Waals surface area (Å²) in [6.07, 6.45) is 3.74. The van der Waals surface area contributed by atoms with Crippen molar-refractivity contribution in [2.24, 2.45) is 0 Å². The molecule has 0 saturated heterocycles. The van der Waals surface area contributed by atoms with Crippen LogP contribution in [0.15, 0.2) is 0 Å². The van der Waals surface area contributed by atoms with E-state index in [0.717, 1.165) is 19.6 Å². The fourth-order valence-corrected chi connectivity index (χ4v) is 1.77. The van der Waals surface area contributed by atoms with Gasteiger partial charge < -0.3 is 26.2 Å². The van der Waals surface area contributed by atoms with Crippen LogP contribution in [0.5, 0.6) is 0 Å². The Morgan fingerprint density at radius 2 is 0.842 bits per heavy atom. The zero-order valence-corrected chi connectivity index (χ0v) is 13.8. The fraction of sp³-hybridized carbons (Fsp3) is 1.00. The summed E-state index contributed by atoms with van der Waals surface area (Å²) in [4.78, 5) is 2.58. The standard InChI is InChI=1S/C12H30N4.C2H7N/c1-13-7-4-10-16(11-5-8-14-2)12-6-9-15-3;1-3-2/h13-15H,4-12H2,1-3H3;3H,1-2H3. The molecule has 0 aromatic carbocycles. The molecule has 5 nitrogen and oxygen atoms in total. The van der Waals surface area contributed by atoms with E-state index in [1.807, 2.05) is 35.2 Å². The predicted molar refractivity (Wildman–Crippen MR) is 87.1 cm³/mol. The summed E-state index contributed by atoms with van der Waals surface area (Å²) in [5, 5.41) is 12.4. The lowest BCUT2D eigenvalue weighted by Crippen LogP contribution is -2.31. The quantitative estimate of drug-likeness (QED) is 0.376. The van der Waals surface area contributed by atoms with E-state index in [1.54, 1.807) is 0 Å². The minimum absolute atomic E-state index is 1.12. The zero-order chi connectivity index (χ0) is 14.8. The molecule has 0 heterocycles. The molecular weight excluding hydrogens is 238 g/mol. The van der Waals surface area contributed by atoms with Crippen LogP contribution in [0.3, 0.4) is 0 Å². The van der Waals surface area contributed by atoms with Crippen LogP contribution < -0.4 is 21.3 Å². The highest BCUT2D eigenvalue weighted by Crippen LogP contribution is 1.95. The van der Waals surface area contributed by atoms with E-state index in [4.69, 9.17) is 0 Å². The molecule has 0 fully saturated rings. The van der Waals surface area contributed by atoms with Crippen molar-refractivity contribution in [1.29, 1.82) is 0 Å². The van der Waals surface area contributed by atoms with Gasteiger partial charge in [-0.1, -0.05) is 0 Å². The van der Waals surface area contributed by atoms with Gasteiger partial charge in [-0.05, 0) is 93.8 Å². The Morgan fingerprint density at radius 3 is 1.05 bits per heavy atom. The molecule has 0 saturated carbocycles. The van der Waals surface area contributed by atoms with Crippen LogP contribution in [0, 0.1) is 0 Å². The second-order valence-corrected chi connectivity index (χ2v) is 4.71. The van der Waals surface area contributed by atoms with E-state index >= 15 is 0 Å². The average Bonchev–Trinajstić information content (AvgIpc) is 2.40. The summed E-state index contributed by atoms with van der Waals surface area (Å²) < 4.78 is 0. The van der Waals surface area contributed by atoms with Crippen molar-refractivity contribution in [3.63, 3.8) is 0 Å². The molecule has 0 aromatic heterocycles. The lowest BCUT2D eigenvalue weighted by molar-refractivity contribution is 0.262. The van der Waals surface area contributed by atoms with Gasteiger partial charge >= 0.3 is 0 Å². The molecule has 0 bridgehead atoms. The predicted octanol–water partition coefficient (Wildman–Crippen LogP) is -0.0475. The van der Waals surface area contributed by atoms with Crippen LogP contribution >= 0.6 is 0 Å². The second kappa shape index (κ2) is 20.1. The van der Waals surface area contributed by atoms with Gasteiger partial charge in [0.2, 0.25) is 0 Å². The van der Waals surface area contributed by atoms with E-state index in [1.165, 1.54) is 38.9 Å². The topological polar surface area (TPSA) is 51.4 Å². The van der Waals surface area contributed by atoms with Crippen molar-refractivity contribution < 1.29 is 0 Å². The molecule has 19 heavy (non-hydrogen) atoms. The summed E-state index contributed by atoms with van der Waals surface area (Å²) in [6, 6.07) is 0. The molecule has 4 N–H and O–H groups in total. The Bertz CT molecular complexity index is 120. The Labute approximate surface area is 120 Å². The van der Waals surface area contributed by atoms with Gasteiger partial charge in [-0.25, -0.2) is 0 Å². The van der Waals surface area contributed by atoms with Crippen LogP contribution in [-0.4, -0.2) is 79.4 Å². The molecule has 118 valence electrons. The van der Waals surface area contributed by atoms with Crippen molar-refractivity contribution in [2.45, 2.75) is 19.3 Å². The molecule has 0 aliphatic heterocycles. The maximum atomic E-state index is 3.21. The number of rotatable bonds is 12. The van der Waals surface area contributed by atoms with Crippen LogP contribution in [0.4, 0.5) is 0 Å². The highest BCUT2D eigenvalue weighted by Gasteiger charge is 2.03. The first-order chi connectivity index (χ1) is 9.26. The normalized spacial score (nSPS) is 10.4. The Balaban J connectivity index is 0. The molecule has 0 unspecified atom stereocenters. The first-order valence-corrected chi connectivity index (χ1v) is 7.51. The first-order valence-electron chi connectivity index (χ1n) is 7.51. The third kappa shape index (κ3) is 20.3. The first kappa shape index (κ1) is 21.1. The largest absolute Gasteiger partial charge is 0.323 e. The molecule has 0 aliphatic rings. The van der Waals surface area contributed by atoms with Gasteiger partial charge in [0.25, 0.3) is 0 Å². The van der Waals surface area contributed by atoms with Crippen molar-refractivity contribution in [2.75, 3.05) is 74.5 Å². The SMILES string of the molecule is CNC.CNCCCN(CCCNC)CCCNC. The summed E-state index contributed by atoms with van der Waals surface area (Å²) in [5.74, 6) is 0. The van der Waals surface area contributed by atoms with Gasteiger partial charge in [0.15, 0.2) is 0 Å². The summed E-state index contributed by atoms with van der Waals surface area (Å²) in [7, 11) is 9.81.